The summed E-state index contributed by atoms with van der Waals surface area (Å²) >= 11 is 0. The third-order valence-electron chi connectivity index (χ3n) is 13.7. The minimum Gasteiger partial charge on any atom is -0.495 e. The summed E-state index contributed by atoms with van der Waals surface area (Å²) in [6.45, 7) is 6.00. The lowest BCUT2D eigenvalue weighted by molar-refractivity contribution is -0.136. The molecular formula is C50H49FN8O8. The molecule has 10 rings (SSSR count). The number of nitrogens with one attached hydrogen (secondary N) is 3. The van der Waals surface area contributed by atoms with Crippen LogP contribution in [0.25, 0.3) is 10.9 Å². The number of piperazine rings is 1. The summed E-state index contributed by atoms with van der Waals surface area (Å²) in [5, 5.41) is 8.61. The molecule has 6 amide bonds. The van der Waals surface area contributed by atoms with Gasteiger partial charge in [-0.3, -0.25) is 48.9 Å². The number of carbonyl (C=O) groups excluding carboxylic acids is 6. The van der Waals surface area contributed by atoms with Crippen molar-refractivity contribution in [3.63, 3.8) is 0 Å². The Morgan fingerprint density at radius 3 is 2.09 bits per heavy atom. The van der Waals surface area contributed by atoms with Gasteiger partial charge in [0.05, 0.1) is 29.4 Å². The number of halogens is 1. The summed E-state index contributed by atoms with van der Waals surface area (Å²) < 4.78 is 25.6. The monoisotopic (exact) mass is 908 g/mol. The summed E-state index contributed by atoms with van der Waals surface area (Å²) in [5.74, 6) is -0.876. The van der Waals surface area contributed by atoms with Crippen molar-refractivity contribution in [1.82, 2.24) is 20.1 Å². The molecule has 67 heavy (non-hydrogen) atoms. The first-order valence-electron chi connectivity index (χ1n) is 22.7. The van der Waals surface area contributed by atoms with Crippen LogP contribution in [0, 0.1) is 17.2 Å². The predicted molar refractivity (Wildman–Crippen MR) is 247 cm³/mol. The Morgan fingerprint density at radius 2 is 1.43 bits per heavy atom. The average Bonchev–Trinajstić information content (AvgIpc) is 4.12. The summed E-state index contributed by atoms with van der Waals surface area (Å²) in [4.78, 5) is 89.7. The summed E-state index contributed by atoms with van der Waals surface area (Å²) in [7, 11) is 1.66. The molecule has 4 aliphatic heterocycles. The Morgan fingerprint density at radius 1 is 0.761 bits per heavy atom. The van der Waals surface area contributed by atoms with Crippen LogP contribution in [0.1, 0.15) is 59.2 Å². The van der Waals surface area contributed by atoms with Gasteiger partial charge in [0, 0.05) is 80.9 Å². The maximum atomic E-state index is 13.4. The lowest BCUT2D eigenvalue weighted by atomic mass is 9.95. The zero-order chi connectivity index (χ0) is 46.4. The zero-order valence-electron chi connectivity index (χ0n) is 36.9. The van der Waals surface area contributed by atoms with Crippen LogP contribution in [0.15, 0.2) is 91.1 Å². The fraction of sp³-hybridized carbons (Fsp3) is 0.340. The number of fused-ring (bicyclic) bond motifs is 2. The van der Waals surface area contributed by atoms with E-state index in [0.717, 1.165) is 91.6 Å². The van der Waals surface area contributed by atoms with Crippen LogP contribution in [0.5, 0.6) is 17.2 Å². The SMILES string of the molecule is COc1cc2c(Oc3ccc(NC(=O)C4(C(=O)Nc5ccc(F)cc5)CC4)cc3)ccnc2cc1N1CCC(CN2CCN(c3ccc4c(c3)C(=O)N(C3CCC(=O)NC3=O)C4=O)CC2)CC1. The molecule has 5 aliphatic rings. The van der Waals surface area contributed by atoms with Gasteiger partial charge < -0.3 is 29.9 Å². The van der Waals surface area contributed by atoms with Gasteiger partial charge in [0.15, 0.2) is 0 Å². The van der Waals surface area contributed by atoms with E-state index >= 15 is 0 Å². The number of ether oxygens (including phenoxy) is 2. The highest BCUT2D eigenvalue weighted by molar-refractivity contribution is 6.24. The van der Waals surface area contributed by atoms with Crippen LogP contribution in [0.4, 0.5) is 27.1 Å². The molecule has 4 fully saturated rings. The molecule has 0 bridgehead atoms. The molecule has 3 N–H and O–H groups in total. The topological polar surface area (TPSA) is 183 Å². The molecule has 3 saturated heterocycles. The minimum absolute atomic E-state index is 0.0793. The normalized spacial score (nSPS) is 19.6. The van der Waals surface area contributed by atoms with E-state index in [1.54, 1.807) is 55.8 Å². The van der Waals surface area contributed by atoms with Gasteiger partial charge in [-0.25, -0.2) is 4.39 Å². The van der Waals surface area contributed by atoms with Crippen LogP contribution >= 0.6 is 0 Å². The highest BCUT2D eigenvalue weighted by atomic mass is 19.1. The van der Waals surface area contributed by atoms with Crippen LogP contribution < -0.4 is 35.2 Å². The Bertz CT molecular complexity index is 2800. The number of pyridine rings is 1. The van der Waals surface area contributed by atoms with Crippen molar-refractivity contribution >= 4 is 69.1 Å². The molecule has 17 heteroatoms. The number of methoxy groups -OCH3 is 1. The quantitative estimate of drug-likeness (QED) is 0.0987. The number of carbonyl (C=O) groups is 6. The summed E-state index contributed by atoms with van der Waals surface area (Å²) in [6, 6.07) is 22.5. The highest BCUT2D eigenvalue weighted by Gasteiger charge is 2.56. The van der Waals surface area contributed by atoms with E-state index in [0.29, 0.717) is 47.2 Å². The Balaban J connectivity index is 0.716. The van der Waals surface area contributed by atoms with Crippen molar-refractivity contribution in [2.24, 2.45) is 11.3 Å². The molecule has 4 aromatic carbocycles. The maximum Gasteiger partial charge on any atom is 0.262 e. The number of imide groups is 2. The first-order valence-corrected chi connectivity index (χ1v) is 22.7. The molecule has 1 aliphatic carbocycles. The van der Waals surface area contributed by atoms with E-state index in [-0.39, 0.29) is 18.4 Å². The molecule has 0 spiro atoms. The standard InChI is InChI=1S/C50H49FN8O8/c1-66-43-27-38-39(52-19-14-42(38)67-35-9-6-33(7-10-35)54-49(65)50(17-18-50)48(64)53-32-4-2-31(51)3-5-32)28-41(43)58-20-15-30(16-21-58)29-56-22-24-57(25-23-56)34-8-11-36-37(26-34)47(63)59(46(36)62)40-12-13-44(60)55-45(40)61/h2-11,14,19,26-28,30,40H,12-13,15-18,20-25,29H2,1H3,(H,53,64)(H,54,65)(H,55,60,61). The third-order valence-corrected chi connectivity index (χ3v) is 13.7. The highest BCUT2D eigenvalue weighted by Crippen LogP contribution is 2.48. The fourth-order valence-corrected chi connectivity index (χ4v) is 9.65. The van der Waals surface area contributed by atoms with Crippen molar-refractivity contribution in [2.75, 3.05) is 73.4 Å². The van der Waals surface area contributed by atoms with Gasteiger partial charge in [-0.15, -0.1) is 0 Å². The minimum atomic E-state index is -1.18. The third kappa shape index (κ3) is 8.62. The lowest BCUT2D eigenvalue weighted by Crippen LogP contribution is -2.54. The Labute approximate surface area is 385 Å². The second kappa shape index (κ2) is 17.8. The molecule has 5 heterocycles. The number of amides is 6. The molecular weight excluding hydrogens is 860 g/mol. The molecule has 344 valence electrons. The number of nitrogens with zero attached hydrogens (tertiary/aromatic N) is 5. The van der Waals surface area contributed by atoms with E-state index in [2.05, 4.69) is 35.6 Å². The van der Waals surface area contributed by atoms with Crippen molar-refractivity contribution in [2.45, 2.75) is 44.6 Å². The first kappa shape index (κ1) is 43.5. The van der Waals surface area contributed by atoms with E-state index in [4.69, 9.17) is 9.47 Å². The number of anilines is 4. The van der Waals surface area contributed by atoms with Gasteiger partial charge in [0.2, 0.25) is 23.6 Å². The second-order valence-corrected chi connectivity index (χ2v) is 17.9. The van der Waals surface area contributed by atoms with Gasteiger partial charge in [-0.05, 0) is 123 Å². The van der Waals surface area contributed by atoms with Crippen molar-refractivity contribution in [1.29, 1.82) is 0 Å². The first-order chi connectivity index (χ1) is 32.5. The van der Waals surface area contributed by atoms with Gasteiger partial charge >= 0.3 is 0 Å². The number of aromatic nitrogens is 1. The number of hydrogen-bond donors (Lipinski definition) is 3. The van der Waals surface area contributed by atoms with Gasteiger partial charge in [0.25, 0.3) is 11.8 Å². The van der Waals surface area contributed by atoms with E-state index in [1.807, 2.05) is 18.2 Å². The van der Waals surface area contributed by atoms with E-state index < -0.39 is 52.7 Å². The molecule has 1 atom stereocenters. The summed E-state index contributed by atoms with van der Waals surface area (Å²) in [6.07, 6.45) is 4.78. The van der Waals surface area contributed by atoms with Crippen LogP contribution in [-0.4, -0.2) is 109 Å². The van der Waals surface area contributed by atoms with Crippen molar-refractivity contribution in [3.8, 4) is 17.2 Å². The molecule has 1 aromatic heterocycles. The Kier molecular flexibility index (Phi) is 11.5. The fourth-order valence-electron chi connectivity index (χ4n) is 9.65. The number of rotatable bonds is 12. The zero-order valence-corrected chi connectivity index (χ0v) is 36.9. The largest absolute Gasteiger partial charge is 0.495 e. The maximum absolute atomic E-state index is 13.4. The van der Waals surface area contributed by atoms with Gasteiger partial charge in [0.1, 0.15) is 34.5 Å². The number of piperidine rings is 2. The predicted octanol–water partition coefficient (Wildman–Crippen LogP) is 5.97. The number of hydrogen-bond acceptors (Lipinski definition) is 12. The molecule has 16 nitrogen and oxygen atoms in total. The number of benzene rings is 4. The lowest BCUT2D eigenvalue weighted by Gasteiger charge is -2.40. The van der Waals surface area contributed by atoms with Crippen molar-refractivity contribution < 1.29 is 42.6 Å². The molecule has 1 unspecified atom stereocenters. The average molecular weight is 909 g/mol. The van der Waals surface area contributed by atoms with Crippen molar-refractivity contribution in [3.05, 3.63) is 108 Å². The second-order valence-electron chi connectivity index (χ2n) is 17.9. The smallest absolute Gasteiger partial charge is 0.262 e. The molecule has 5 aromatic rings. The van der Waals surface area contributed by atoms with E-state index in [1.165, 1.54) is 24.3 Å². The Hall–Kier alpha value is -7.40. The van der Waals surface area contributed by atoms with Gasteiger partial charge in [-0.1, -0.05) is 0 Å². The van der Waals surface area contributed by atoms with Gasteiger partial charge in [-0.2, -0.15) is 0 Å². The van der Waals surface area contributed by atoms with E-state index in [9.17, 15) is 33.2 Å². The van der Waals surface area contributed by atoms with Crippen LogP contribution in [-0.2, 0) is 19.2 Å². The summed E-state index contributed by atoms with van der Waals surface area (Å²) in [5.41, 5.74) is 2.94. The van der Waals surface area contributed by atoms with Crippen LogP contribution in [0.3, 0.4) is 0 Å². The molecule has 0 radical (unpaired) electrons. The van der Waals surface area contributed by atoms with Crippen LogP contribution in [0.2, 0.25) is 0 Å². The molecule has 1 saturated carbocycles.